The van der Waals surface area contributed by atoms with Gasteiger partial charge in [-0.25, -0.2) is 24.3 Å². The van der Waals surface area contributed by atoms with E-state index in [1.165, 1.54) is 19.5 Å². The number of nitrogen functional groups attached to an aromatic ring is 1. The third kappa shape index (κ3) is 1.74. The molecule has 2 aromatic rings. The summed E-state index contributed by atoms with van der Waals surface area (Å²) in [6.45, 7) is 0. The summed E-state index contributed by atoms with van der Waals surface area (Å²) in [5, 5.41) is 0. The van der Waals surface area contributed by atoms with Crippen molar-refractivity contribution in [1.82, 2.24) is 19.9 Å². The first-order valence-corrected chi connectivity index (χ1v) is 4.35. The fourth-order valence-electron chi connectivity index (χ4n) is 1.18. The normalized spacial score (nSPS) is 10.1. The van der Waals surface area contributed by atoms with Crippen LogP contribution in [0.25, 0.3) is 11.4 Å². The molecule has 0 aliphatic carbocycles. The minimum absolute atomic E-state index is 0.0301. The van der Waals surface area contributed by atoms with E-state index in [2.05, 4.69) is 19.9 Å². The number of nitrogens with two attached hydrogens (primary N) is 1. The highest BCUT2D eigenvalue weighted by molar-refractivity contribution is 5.61. The van der Waals surface area contributed by atoms with E-state index in [9.17, 15) is 4.39 Å². The molecular formula is C9H8FN5O. The smallest absolute Gasteiger partial charge is 0.242 e. The van der Waals surface area contributed by atoms with E-state index in [4.69, 9.17) is 10.5 Å². The van der Waals surface area contributed by atoms with E-state index in [1.807, 2.05) is 0 Å². The fourth-order valence-corrected chi connectivity index (χ4v) is 1.18. The van der Waals surface area contributed by atoms with Crippen LogP contribution in [0.2, 0.25) is 0 Å². The van der Waals surface area contributed by atoms with Crippen LogP contribution < -0.4 is 10.5 Å². The van der Waals surface area contributed by atoms with Gasteiger partial charge in [-0.15, -0.1) is 0 Å². The van der Waals surface area contributed by atoms with Gasteiger partial charge in [0.15, 0.2) is 11.5 Å². The number of nitrogens with zero attached hydrogens (tertiary/aromatic N) is 4. The van der Waals surface area contributed by atoms with Gasteiger partial charge in [0.05, 0.1) is 13.3 Å². The van der Waals surface area contributed by atoms with Gasteiger partial charge in [-0.2, -0.15) is 0 Å². The fraction of sp³-hybridized carbons (Fsp3) is 0.111. The van der Waals surface area contributed by atoms with Crippen LogP contribution in [0.3, 0.4) is 0 Å². The molecule has 0 aliphatic rings. The molecule has 2 heterocycles. The summed E-state index contributed by atoms with van der Waals surface area (Å²) >= 11 is 0. The van der Waals surface area contributed by atoms with Crippen LogP contribution in [0.4, 0.5) is 10.3 Å². The summed E-state index contributed by atoms with van der Waals surface area (Å²) in [7, 11) is 1.41. The molecule has 82 valence electrons. The van der Waals surface area contributed by atoms with E-state index in [0.717, 1.165) is 6.20 Å². The molecule has 2 N–H and O–H groups in total. The van der Waals surface area contributed by atoms with Crippen molar-refractivity contribution in [1.29, 1.82) is 0 Å². The predicted octanol–water partition coefficient (Wildman–Crippen LogP) is 0.663. The number of hydrogen-bond donors (Lipinski definition) is 1. The Hall–Kier alpha value is -2.31. The molecule has 0 saturated carbocycles. The van der Waals surface area contributed by atoms with Crippen molar-refractivity contribution in [2.24, 2.45) is 0 Å². The minimum Gasteiger partial charge on any atom is -0.479 e. The molecule has 0 atom stereocenters. The lowest BCUT2D eigenvalue weighted by molar-refractivity contribution is 0.397. The molecule has 0 bridgehead atoms. The summed E-state index contributed by atoms with van der Waals surface area (Å²) in [5.41, 5.74) is 5.54. The maximum Gasteiger partial charge on any atom is 0.242 e. The van der Waals surface area contributed by atoms with E-state index in [-0.39, 0.29) is 23.2 Å². The zero-order valence-electron chi connectivity index (χ0n) is 8.38. The molecule has 0 radical (unpaired) electrons. The molecule has 0 amide bonds. The van der Waals surface area contributed by atoms with Gasteiger partial charge in [-0.05, 0) is 0 Å². The zero-order chi connectivity index (χ0) is 11.5. The standard InChI is InChI=1S/C9H8FN5O/c1-16-8-7(12-2-3-13-8)6-5(10)4-14-9(11)15-6/h2-4H,1H3,(H2,11,14,15). The molecule has 0 unspecified atom stereocenters. The van der Waals surface area contributed by atoms with Gasteiger partial charge >= 0.3 is 0 Å². The van der Waals surface area contributed by atoms with Crippen LogP contribution in [-0.4, -0.2) is 27.0 Å². The second-order valence-corrected chi connectivity index (χ2v) is 2.84. The minimum atomic E-state index is -0.631. The average molecular weight is 221 g/mol. The predicted molar refractivity (Wildman–Crippen MR) is 54.0 cm³/mol. The highest BCUT2D eigenvalue weighted by atomic mass is 19.1. The van der Waals surface area contributed by atoms with Crippen molar-refractivity contribution >= 4 is 5.95 Å². The Bertz CT molecular complexity index is 519. The molecule has 0 aliphatic heterocycles. The van der Waals surface area contributed by atoms with Crippen LogP contribution in [0, 0.1) is 5.82 Å². The van der Waals surface area contributed by atoms with Gasteiger partial charge < -0.3 is 10.5 Å². The molecule has 0 fully saturated rings. The van der Waals surface area contributed by atoms with Crippen LogP contribution in [-0.2, 0) is 0 Å². The quantitative estimate of drug-likeness (QED) is 0.801. The van der Waals surface area contributed by atoms with Crippen LogP contribution in [0.15, 0.2) is 18.6 Å². The number of hydrogen-bond acceptors (Lipinski definition) is 6. The van der Waals surface area contributed by atoms with Gasteiger partial charge in [0.2, 0.25) is 11.8 Å². The van der Waals surface area contributed by atoms with Crippen molar-refractivity contribution < 1.29 is 9.13 Å². The number of rotatable bonds is 2. The SMILES string of the molecule is COc1nccnc1-c1nc(N)ncc1F. The highest BCUT2D eigenvalue weighted by Gasteiger charge is 2.15. The Morgan fingerprint density at radius 3 is 2.69 bits per heavy atom. The molecule has 0 spiro atoms. The number of halogens is 1. The van der Waals surface area contributed by atoms with Crippen molar-refractivity contribution in [3.05, 3.63) is 24.4 Å². The molecule has 6 nitrogen and oxygen atoms in total. The Kier molecular flexibility index (Phi) is 2.59. The van der Waals surface area contributed by atoms with Crippen LogP contribution in [0.1, 0.15) is 0 Å². The lowest BCUT2D eigenvalue weighted by Gasteiger charge is -2.05. The first-order chi connectivity index (χ1) is 7.72. The lowest BCUT2D eigenvalue weighted by atomic mass is 10.3. The maximum atomic E-state index is 13.5. The summed E-state index contributed by atoms with van der Waals surface area (Å²) < 4.78 is 18.4. The maximum absolute atomic E-state index is 13.5. The van der Waals surface area contributed by atoms with Crippen molar-refractivity contribution in [2.45, 2.75) is 0 Å². The third-order valence-electron chi connectivity index (χ3n) is 1.85. The Labute approximate surface area is 90.4 Å². The second-order valence-electron chi connectivity index (χ2n) is 2.84. The van der Waals surface area contributed by atoms with Gasteiger partial charge in [0.25, 0.3) is 0 Å². The number of methoxy groups -OCH3 is 1. The first kappa shape index (κ1) is 10.2. The highest BCUT2D eigenvalue weighted by Crippen LogP contribution is 2.25. The Balaban J connectivity index is 2.62. The zero-order valence-corrected chi connectivity index (χ0v) is 8.38. The number of aromatic nitrogens is 4. The van der Waals surface area contributed by atoms with Crippen molar-refractivity contribution in [3.63, 3.8) is 0 Å². The summed E-state index contributed by atoms with van der Waals surface area (Å²) in [6, 6.07) is 0. The van der Waals surface area contributed by atoms with Crippen LogP contribution >= 0.6 is 0 Å². The Morgan fingerprint density at radius 2 is 1.94 bits per heavy atom. The van der Waals surface area contributed by atoms with Gasteiger partial charge in [0.1, 0.15) is 5.69 Å². The molecular weight excluding hydrogens is 213 g/mol. The summed E-state index contributed by atoms with van der Waals surface area (Å²) in [6.07, 6.45) is 3.83. The van der Waals surface area contributed by atoms with Crippen LogP contribution in [0.5, 0.6) is 5.88 Å². The van der Waals surface area contributed by atoms with E-state index >= 15 is 0 Å². The molecule has 2 aromatic heterocycles. The van der Waals surface area contributed by atoms with E-state index < -0.39 is 5.82 Å². The molecule has 0 aromatic carbocycles. The molecule has 16 heavy (non-hydrogen) atoms. The average Bonchev–Trinajstić information content (AvgIpc) is 2.32. The second kappa shape index (κ2) is 4.05. The monoisotopic (exact) mass is 221 g/mol. The number of anilines is 1. The first-order valence-electron chi connectivity index (χ1n) is 4.35. The van der Waals surface area contributed by atoms with Gasteiger partial charge in [0, 0.05) is 12.4 Å². The topological polar surface area (TPSA) is 86.8 Å². The summed E-state index contributed by atoms with van der Waals surface area (Å²) in [5.74, 6) is -0.489. The third-order valence-corrected chi connectivity index (χ3v) is 1.85. The number of ether oxygens (including phenoxy) is 1. The summed E-state index contributed by atoms with van der Waals surface area (Å²) in [4.78, 5) is 15.1. The largest absolute Gasteiger partial charge is 0.479 e. The van der Waals surface area contributed by atoms with Crippen molar-refractivity contribution in [2.75, 3.05) is 12.8 Å². The van der Waals surface area contributed by atoms with Gasteiger partial charge in [-0.3, -0.25) is 0 Å². The van der Waals surface area contributed by atoms with E-state index in [1.54, 1.807) is 0 Å². The molecule has 7 heteroatoms. The van der Waals surface area contributed by atoms with Crippen molar-refractivity contribution in [3.8, 4) is 17.3 Å². The lowest BCUT2D eigenvalue weighted by Crippen LogP contribution is -2.02. The molecule has 0 saturated heterocycles. The van der Waals surface area contributed by atoms with E-state index in [0.29, 0.717) is 0 Å². The molecule has 2 rings (SSSR count). The van der Waals surface area contributed by atoms with Gasteiger partial charge in [-0.1, -0.05) is 0 Å². The Morgan fingerprint density at radius 1 is 1.19 bits per heavy atom.